The summed E-state index contributed by atoms with van der Waals surface area (Å²) in [6.45, 7) is 1.06. The van der Waals surface area contributed by atoms with Crippen molar-refractivity contribution >= 4 is 24.0 Å². The maximum absolute atomic E-state index is 13.9. The van der Waals surface area contributed by atoms with Crippen LogP contribution in [0.4, 0.5) is 9.59 Å². The molecule has 306 valence electrons. The third-order valence-electron chi connectivity index (χ3n) is 11.0. The van der Waals surface area contributed by atoms with Gasteiger partial charge in [-0.05, 0) is 42.4 Å². The number of nitrogens with zero attached hydrogens (tertiary/aromatic N) is 6. The van der Waals surface area contributed by atoms with Crippen LogP contribution >= 0.6 is 0 Å². The van der Waals surface area contributed by atoms with Crippen molar-refractivity contribution in [2.75, 3.05) is 27.3 Å². The van der Waals surface area contributed by atoms with Gasteiger partial charge in [0.2, 0.25) is 0 Å². The number of carbonyl (C=O) groups is 4. The van der Waals surface area contributed by atoms with Crippen LogP contribution in [0.15, 0.2) is 110 Å². The fraction of sp³-hybridized carbons (Fsp3) is 0.273. The maximum Gasteiger partial charge on any atom is 0.407 e. The van der Waals surface area contributed by atoms with Crippen molar-refractivity contribution in [3.8, 4) is 33.9 Å². The summed E-state index contributed by atoms with van der Waals surface area (Å²) < 4.78 is 9.63. The van der Waals surface area contributed by atoms with Crippen LogP contribution in [-0.2, 0) is 19.1 Å². The van der Waals surface area contributed by atoms with E-state index in [2.05, 4.69) is 35.6 Å². The first-order valence-electron chi connectivity index (χ1n) is 19.7. The van der Waals surface area contributed by atoms with E-state index >= 15 is 0 Å². The van der Waals surface area contributed by atoms with Gasteiger partial charge in [-0.2, -0.15) is 0 Å². The number of aromatic amines is 2. The topological polar surface area (TPSA) is 200 Å². The number of hydrogen-bond acceptors (Lipinski definition) is 10. The molecule has 2 aliphatic rings. The lowest BCUT2D eigenvalue weighted by atomic mass is 10.1. The number of carbonyl (C=O) groups excluding carboxylic acids is 4. The number of H-pyrrole nitrogens is 2. The fourth-order valence-electron chi connectivity index (χ4n) is 7.91. The van der Waals surface area contributed by atoms with E-state index < -0.39 is 24.3 Å². The highest BCUT2D eigenvalue weighted by molar-refractivity contribution is 5.88. The number of alkyl carbamates (subject to hydrolysis) is 2. The Morgan fingerprint density at radius 2 is 1.03 bits per heavy atom. The van der Waals surface area contributed by atoms with E-state index in [1.165, 1.54) is 14.2 Å². The summed E-state index contributed by atoms with van der Waals surface area (Å²) in [5, 5.41) is 5.39. The molecule has 2 unspecified atom stereocenters. The molecule has 5 heterocycles. The summed E-state index contributed by atoms with van der Waals surface area (Å²) in [6.07, 6.45) is 8.51. The van der Waals surface area contributed by atoms with Crippen LogP contribution in [0.1, 0.15) is 72.6 Å². The quantitative estimate of drug-likeness (QED) is 0.113. The number of amides is 4. The van der Waals surface area contributed by atoms with Crippen LogP contribution < -0.4 is 10.6 Å². The summed E-state index contributed by atoms with van der Waals surface area (Å²) >= 11 is 0. The second kappa shape index (κ2) is 17.6. The van der Waals surface area contributed by atoms with Crippen LogP contribution in [0, 0.1) is 0 Å². The Labute approximate surface area is 345 Å². The zero-order chi connectivity index (χ0) is 41.6. The van der Waals surface area contributed by atoms with Gasteiger partial charge in [0.15, 0.2) is 0 Å². The molecule has 4 atom stereocenters. The molecule has 0 saturated carbocycles. The Morgan fingerprint density at radius 3 is 1.52 bits per heavy atom. The molecule has 4 amide bonds. The van der Waals surface area contributed by atoms with Crippen molar-refractivity contribution in [3.63, 3.8) is 0 Å². The number of nitrogens with one attached hydrogen (secondary N) is 4. The monoisotopic (exact) mass is 808 g/mol. The van der Waals surface area contributed by atoms with Crippen molar-refractivity contribution in [2.45, 2.75) is 49.9 Å². The van der Waals surface area contributed by atoms with Gasteiger partial charge in [-0.25, -0.2) is 19.6 Å². The largest absolute Gasteiger partial charge is 0.453 e. The van der Waals surface area contributed by atoms with E-state index in [1.807, 2.05) is 60.7 Å². The van der Waals surface area contributed by atoms with E-state index in [4.69, 9.17) is 14.5 Å². The first kappa shape index (κ1) is 39.5. The number of methoxy groups -OCH3 is 2. The number of benzene rings is 3. The molecular weight excluding hydrogens is 765 g/mol. The van der Waals surface area contributed by atoms with Gasteiger partial charge in [0.1, 0.15) is 29.4 Å². The molecule has 60 heavy (non-hydrogen) atoms. The van der Waals surface area contributed by atoms with E-state index in [9.17, 15) is 19.2 Å². The Kier molecular flexibility index (Phi) is 11.6. The number of imidazole rings is 2. The molecule has 4 N–H and O–H groups in total. The van der Waals surface area contributed by atoms with Crippen LogP contribution in [0.5, 0.6) is 0 Å². The highest BCUT2D eigenvalue weighted by Crippen LogP contribution is 2.36. The second-order valence-electron chi connectivity index (χ2n) is 14.6. The van der Waals surface area contributed by atoms with Gasteiger partial charge < -0.3 is 39.9 Å². The molecule has 16 nitrogen and oxygen atoms in total. The number of likely N-dealkylation sites (tertiary alicyclic amines) is 2. The lowest BCUT2D eigenvalue weighted by Crippen LogP contribution is -2.42. The van der Waals surface area contributed by atoms with Gasteiger partial charge in [-0.1, -0.05) is 84.9 Å². The molecule has 0 aliphatic carbocycles. The van der Waals surface area contributed by atoms with Crippen molar-refractivity contribution in [2.24, 2.45) is 0 Å². The van der Waals surface area contributed by atoms with Crippen LogP contribution in [0.2, 0.25) is 0 Å². The molecule has 3 aromatic heterocycles. The molecule has 2 aliphatic heterocycles. The van der Waals surface area contributed by atoms with Crippen molar-refractivity contribution in [1.29, 1.82) is 0 Å². The first-order valence-corrected chi connectivity index (χ1v) is 19.7. The van der Waals surface area contributed by atoms with Crippen LogP contribution in [0.3, 0.4) is 0 Å². The number of rotatable bonds is 11. The van der Waals surface area contributed by atoms with E-state index in [-0.39, 0.29) is 23.9 Å². The number of hydrogen-bond donors (Lipinski definition) is 4. The molecule has 16 heteroatoms. The molecule has 0 radical (unpaired) electrons. The van der Waals surface area contributed by atoms with E-state index in [0.29, 0.717) is 59.4 Å². The first-order chi connectivity index (χ1) is 29.3. The van der Waals surface area contributed by atoms with Gasteiger partial charge in [0, 0.05) is 18.7 Å². The summed E-state index contributed by atoms with van der Waals surface area (Å²) in [5.41, 5.74) is 5.85. The van der Waals surface area contributed by atoms with E-state index in [0.717, 1.165) is 36.1 Å². The summed E-state index contributed by atoms with van der Waals surface area (Å²) in [4.78, 5) is 81.1. The molecule has 0 bridgehead atoms. The number of aromatic nitrogens is 6. The molecule has 2 fully saturated rings. The third kappa shape index (κ3) is 8.30. The Hall–Kier alpha value is -7.36. The Bertz CT molecular complexity index is 2270. The second-order valence-corrected chi connectivity index (χ2v) is 14.6. The predicted octanol–water partition coefficient (Wildman–Crippen LogP) is 6.45. The average molecular weight is 809 g/mol. The van der Waals surface area contributed by atoms with Crippen LogP contribution in [-0.4, -0.2) is 91.0 Å². The van der Waals surface area contributed by atoms with Crippen LogP contribution in [0.25, 0.3) is 33.9 Å². The predicted molar refractivity (Wildman–Crippen MR) is 219 cm³/mol. The fourth-order valence-corrected chi connectivity index (χ4v) is 7.91. The highest BCUT2D eigenvalue weighted by Gasteiger charge is 2.38. The highest BCUT2D eigenvalue weighted by atomic mass is 16.5. The minimum Gasteiger partial charge on any atom is -0.453 e. The van der Waals surface area contributed by atoms with Gasteiger partial charge in [-0.3, -0.25) is 19.6 Å². The normalized spacial score (nSPS) is 17.2. The smallest absolute Gasteiger partial charge is 0.407 e. The average Bonchev–Trinajstić information content (AvgIpc) is 4.15. The maximum atomic E-state index is 13.9. The summed E-state index contributed by atoms with van der Waals surface area (Å²) in [5.74, 6) is 0.828. The lowest BCUT2D eigenvalue weighted by Gasteiger charge is -2.28. The molecule has 3 aromatic carbocycles. The molecule has 8 rings (SSSR count). The Morgan fingerprint density at radius 1 is 0.583 bits per heavy atom. The molecular formula is C44H44N10O6. The molecule has 0 spiro atoms. The molecule has 2 saturated heterocycles. The zero-order valence-corrected chi connectivity index (χ0v) is 33.1. The Balaban J connectivity index is 0.928. The van der Waals surface area contributed by atoms with Crippen molar-refractivity contribution in [3.05, 3.63) is 132 Å². The van der Waals surface area contributed by atoms with Crippen molar-refractivity contribution in [1.82, 2.24) is 50.3 Å². The molecule has 6 aromatic rings. The minimum atomic E-state index is -0.906. The van der Waals surface area contributed by atoms with Gasteiger partial charge in [0.25, 0.3) is 11.8 Å². The van der Waals surface area contributed by atoms with Gasteiger partial charge >= 0.3 is 12.2 Å². The third-order valence-corrected chi connectivity index (χ3v) is 11.0. The van der Waals surface area contributed by atoms with Gasteiger partial charge in [-0.15, -0.1) is 0 Å². The SMILES string of the molecule is COC(=O)NC(C(=O)N1CCC[C@H]1c1ncc(-c2ccc(-c3cnc(-c4cnc([C@@H]5CCCN5C(=O)C(NC(=O)OC)c5ccccc5)[nH]4)cn3)cc2)[nH]1)c1ccccc1. The van der Waals surface area contributed by atoms with Crippen molar-refractivity contribution < 1.29 is 28.7 Å². The minimum absolute atomic E-state index is 0.229. The number of ether oxygens (including phenoxy) is 2. The summed E-state index contributed by atoms with van der Waals surface area (Å²) in [6, 6.07) is 23.7. The summed E-state index contributed by atoms with van der Waals surface area (Å²) in [7, 11) is 2.54. The van der Waals surface area contributed by atoms with E-state index in [1.54, 1.807) is 58.9 Å². The standard InChI is InChI=1S/C44H44N10O6/c1-59-43(57)51-37(29-11-5-3-6-12-29)41(55)53-21-9-15-35(53)39-47-24-32(49-39)28-19-17-27(18-20-28)31-23-46-33(25-45-31)34-26-48-40(50-34)36-16-10-22-54(36)42(56)38(52-44(58)60-2)30-13-7-4-8-14-30/h3-8,11-14,17-20,23-26,35-38H,9-10,15-16,21-22H2,1-2H3,(H,47,49)(H,48,50)(H,51,57)(H,52,58)/t35-,36-,37?,38?/m0/s1. The lowest BCUT2D eigenvalue weighted by molar-refractivity contribution is -0.135. The zero-order valence-electron chi connectivity index (χ0n) is 33.1. The van der Waals surface area contributed by atoms with Gasteiger partial charge in [0.05, 0.1) is 68.2 Å².